The number of ether oxygens (including phenoxy) is 4. The number of benzene rings is 1. The molecule has 1 atom stereocenters. The molecule has 0 aliphatic carbocycles. The predicted molar refractivity (Wildman–Crippen MR) is 118 cm³/mol. The van der Waals surface area contributed by atoms with Crippen LogP contribution in [0.15, 0.2) is 24.3 Å². The fourth-order valence-electron chi connectivity index (χ4n) is 3.44. The minimum atomic E-state index is -0.720. The highest BCUT2D eigenvalue weighted by Gasteiger charge is 2.27. The van der Waals surface area contributed by atoms with Crippen LogP contribution in [0.3, 0.4) is 0 Å². The molecule has 2 fully saturated rings. The summed E-state index contributed by atoms with van der Waals surface area (Å²) in [4.78, 5) is 23.4. The number of aromatic nitrogens is 2. The van der Waals surface area contributed by atoms with Crippen molar-refractivity contribution in [2.75, 3.05) is 49.8 Å². The molecular formula is C21H26N4O5S. The molecule has 0 saturated carbocycles. The van der Waals surface area contributed by atoms with Gasteiger partial charge in [0.05, 0.1) is 13.2 Å². The molecule has 2 aliphatic heterocycles. The second kappa shape index (κ2) is 10.1. The van der Waals surface area contributed by atoms with Gasteiger partial charge in [-0.25, -0.2) is 4.98 Å². The van der Waals surface area contributed by atoms with Gasteiger partial charge in [-0.05, 0) is 25.0 Å². The summed E-state index contributed by atoms with van der Waals surface area (Å²) in [6, 6.07) is 7.11. The molecule has 9 nitrogen and oxygen atoms in total. The van der Waals surface area contributed by atoms with Gasteiger partial charge in [-0.15, -0.1) is 0 Å². The van der Waals surface area contributed by atoms with Crippen molar-refractivity contribution in [3.05, 3.63) is 30.0 Å². The number of methoxy groups -OCH3 is 1. The van der Waals surface area contributed by atoms with Crippen molar-refractivity contribution >= 4 is 23.6 Å². The van der Waals surface area contributed by atoms with E-state index >= 15 is 0 Å². The Morgan fingerprint density at radius 3 is 2.71 bits per heavy atom. The fraction of sp³-hybridized carbons (Fsp3) is 0.476. The van der Waals surface area contributed by atoms with Gasteiger partial charge < -0.3 is 29.6 Å². The van der Waals surface area contributed by atoms with E-state index < -0.39 is 5.91 Å². The maximum absolute atomic E-state index is 12.3. The van der Waals surface area contributed by atoms with Crippen molar-refractivity contribution in [2.24, 2.45) is 5.73 Å². The van der Waals surface area contributed by atoms with Gasteiger partial charge in [-0.2, -0.15) is 16.7 Å². The monoisotopic (exact) mass is 446 g/mol. The van der Waals surface area contributed by atoms with E-state index in [4.69, 9.17) is 24.7 Å². The number of hydrogen-bond donors (Lipinski definition) is 1. The van der Waals surface area contributed by atoms with Crippen molar-refractivity contribution in [3.63, 3.8) is 0 Å². The van der Waals surface area contributed by atoms with Crippen molar-refractivity contribution in [1.29, 1.82) is 0 Å². The van der Waals surface area contributed by atoms with Crippen molar-refractivity contribution in [2.45, 2.75) is 18.9 Å². The second-order valence-electron chi connectivity index (χ2n) is 7.17. The molecule has 4 rings (SSSR count). The highest BCUT2D eigenvalue weighted by atomic mass is 32.2. The lowest BCUT2D eigenvalue weighted by Crippen LogP contribution is -2.34. The zero-order chi connectivity index (χ0) is 21.6. The van der Waals surface area contributed by atoms with Gasteiger partial charge >= 0.3 is 0 Å². The van der Waals surface area contributed by atoms with Crippen LogP contribution < -0.4 is 24.8 Å². The van der Waals surface area contributed by atoms with Crippen LogP contribution in [0, 0.1) is 0 Å². The smallest absolute Gasteiger partial charge is 0.271 e. The van der Waals surface area contributed by atoms with Crippen LogP contribution in [0.4, 0.5) is 5.95 Å². The molecule has 166 valence electrons. The summed E-state index contributed by atoms with van der Waals surface area (Å²) in [6.45, 7) is 2.57. The van der Waals surface area contributed by atoms with E-state index in [0.717, 1.165) is 37.4 Å². The van der Waals surface area contributed by atoms with Gasteiger partial charge in [0, 0.05) is 31.2 Å². The molecule has 10 heteroatoms. The predicted octanol–water partition coefficient (Wildman–Crippen LogP) is 2.49. The summed E-state index contributed by atoms with van der Waals surface area (Å²) in [5, 5.41) is 0. The first kappa shape index (κ1) is 21.5. The van der Waals surface area contributed by atoms with Crippen molar-refractivity contribution in [3.8, 4) is 23.1 Å². The Hall–Kier alpha value is -2.72. The number of amides is 1. The molecule has 1 unspecified atom stereocenters. The van der Waals surface area contributed by atoms with Crippen LogP contribution in [-0.2, 0) is 4.74 Å². The van der Waals surface area contributed by atoms with Crippen LogP contribution in [0.5, 0.6) is 23.1 Å². The molecule has 0 bridgehead atoms. The van der Waals surface area contributed by atoms with Crippen molar-refractivity contribution in [1.82, 2.24) is 9.97 Å². The number of para-hydroxylation sites is 2. The van der Waals surface area contributed by atoms with E-state index in [1.165, 1.54) is 0 Å². The maximum atomic E-state index is 12.3. The lowest BCUT2D eigenvalue weighted by Gasteiger charge is -2.27. The number of carbonyl (C=O) groups excluding carboxylic acids is 1. The molecule has 2 aliphatic rings. The Morgan fingerprint density at radius 1 is 1.26 bits per heavy atom. The van der Waals surface area contributed by atoms with E-state index in [-0.39, 0.29) is 23.4 Å². The summed E-state index contributed by atoms with van der Waals surface area (Å²) in [5.74, 6) is 2.75. The standard InChI is InChI=1S/C21H26N4O5S/c1-27-15-6-2-3-7-16(15)30-18-17(19(22)26)23-21(25-8-11-31-12-9-25)24-20(18)29-13-14-5-4-10-28-14/h2-3,6-7,14H,4-5,8-13H2,1H3,(H2,22,26). The van der Waals surface area contributed by atoms with E-state index in [1.807, 2.05) is 22.7 Å². The summed E-state index contributed by atoms with van der Waals surface area (Å²) < 4.78 is 23.1. The first-order chi connectivity index (χ1) is 15.2. The molecule has 1 amide bonds. The number of hydrogen-bond acceptors (Lipinski definition) is 9. The average Bonchev–Trinajstić information content (AvgIpc) is 3.32. The molecule has 0 radical (unpaired) electrons. The van der Waals surface area contributed by atoms with Crippen LogP contribution in [0.25, 0.3) is 0 Å². The van der Waals surface area contributed by atoms with E-state index in [9.17, 15) is 4.79 Å². The number of thioether (sulfide) groups is 1. The Morgan fingerprint density at radius 2 is 2.03 bits per heavy atom. The molecule has 1 aromatic carbocycles. The summed E-state index contributed by atoms with van der Waals surface area (Å²) >= 11 is 1.87. The quantitative estimate of drug-likeness (QED) is 0.654. The normalized spacial score (nSPS) is 18.6. The van der Waals surface area contributed by atoms with Gasteiger partial charge in [-0.3, -0.25) is 4.79 Å². The van der Waals surface area contributed by atoms with E-state index in [2.05, 4.69) is 9.97 Å². The van der Waals surface area contributed by atoms with Gasteiger partial charge in [0.25, 0.3) is 11.8 Å². The average molecular weight is 447 g/mol. The Labute approximate surface area is 185 Å². The lowest BCUT2D eigenvalue weighted by atomic mass is 10.2. The molecular weight excluding hydrogens is 420 g/mol. The minimum absolute atomic E-state index is 0.0269. The number of carbonyl (C=O) groups is 1. The first-order valence-electron chi connectivity index (χ1n) is 10.3. The SMILES string of the molecule is COc1ccccc1Oc1c(OCC2CCCO2)nc(N2CCSCC2)nc1C(N)=O. The molecule has 1 aromatic heterocycles. The minimum Gasteiger partial charge on any atom is -0.493 e. The van der Waals surface area contributed by atoms with Gasteiger partial charge in [0.15, 0.2) is 17.2 Å². The number of nitrogens with zero attached hydrogens (tertiary/aromatic N) is 3. The number of rotatable bonds is 8. The zero-order valence-electron chi connectivity index (χ0n) is 17.4. The second-order valence-corrected chi connectivity index (χ2v) is 8.39. The third kappa shape index (κ3) is 5.13. The maximum Gasteiger partial charge on any atom is 0.271 e. The molecule has 3 heterocycles. The summed E-state index contributed by atoms with van der Waals surface area (Å²) in [7, 11) is 1.54. The first-order valence-corrected chi connectivity index (χ1v) is 11.4. The van der Waals surface area contributed by atoms with E-state index in [1.54, 1.807) is 25.3 Å². The molecule has 2 aromatic rings. The van der Waals surface area contributed by atoms with Crippen molar-refractivity contribution < 1.29 is 23.7 Å². The Kier molecular flexibility index (Phi) is 6.98. The van der Waals surface area contributed by atoms with Gasteiger partial charge in [0.1, 0.15) is 6.61 Å². The Bertz CT molecular complexity index is 917. The summed E-state index contributed by atoms with van der Waals surface area (Å²) in [5.41, 5.74) is 5.65. The van der Waals surface area contributed by atoms with Crippen LogP contribution in [0.1, 0.15) is 23.3 Å². The molecule has 31 heavy (non-hydrogen) atoms. The van der Waals surface area contributed by atoms with Gasteiger partial charge in [0.2, 0.25) is 11.7 Å². The highest BCUT2D eigenvalue weighted by molar-refractivity contribution is 7.99. The molecule has 0 spiro atoms. The van der Waals surface area contributed by atoms with E-state index in [0.29, 0.717) is 30.7 Å². The molecule has 2 N–H and O–H groups in total. The number of anilines is 1. The lowest BCUT2D eigenvalue weighted by molar-refractivity contribution is 0.0653. The largest absolute Gasteiger partial charge is 0.493 e. The highest BCUT2D eigenvalue weighted by Crippen LogP contribution is 2.38. The van der Waals surface area contributed by atoms with Crippen LogP contribution in [0.2, 0.25) is 0 Å². The molecule has 2 saturated heterocycles. The fourth-order valence-corrected chi connectivity index (χ4v) is 4.34. The zero-order valence-corrected chi connectivity index (χ0v) is 18.2. The topological polar surface area (TPSA) is 109 Å². The third-order valence-electron chi connectivity index (χ3n) is 5.06. The van der Waals surface area contributed by atoms with Crippen LogP contribution in [-0.4, -0.2) is 66.9 Å². The third-order valence-corrected chi connectivity index (χ3v) is 6.00. The van der Waals surface area contributed by atoms with Crippen LogP contribution >= 0.6 is 11.8 Å². The number of nitrogens with two attached hydrogens (primary N) is 1. The summed E-state index contributed by atoms with van der Waals surface area (Å²) in [6.07, 6.45) is 1.87. The van der Waals surface area contributed by atoms with Gasteiger partial charge in [-0.1, -0.05) is 12.1 Å². The number of primary amides is 1. The Balaban J connectivity index is 1.72.